The molecule has 0 radical (unpaired) electrons. The number of aromatic nitrogens is 2. The number of pyridine rings is 2. The zero-order valence-electron chi connectivity index (χ0n) is 24.7. The van der Waals surface area contributed by atoms with Crippen LogP contribution < -0.4 is 10.1 Å². The third kappa shape index (κ3) is 9.49. The first-order valence-corrected chi connectivity index (χ1v) is 13.9. The molecule has 1 N–H and O–H groups in total. The number of benzene rings is 2. The summed E-state index contributed by atoms with van der Waals surface area (Å²) < 4.78 is 16.6. The number of carbonyl (C=O) groups excluding carboxylic acids is 3. The summed E-state index contributed by atoms with van der Waals surface area (Å²) in [6.07, 6.45) is 3.37. The number of anilines is 1. The molecule has 2 heterocycles. The van der Waals surface area contributed by atoms with Gasteiger partial charge < -0.3 is 19.5 Å². The highest BCUT2D eigenvalue weighted by Crippen LogP contribution is 2.30. The number of rotatable bonds is 11. The first-order valence-electron chi connectivity index (χ1n) is 13.9. The van der Waals surface area contributed by atoms with Crippen LogP contribution in [0.15, 0.2) is 91.3 Å². The van der Waals surface area contributed by atoms with Crippen LogP contribution in [-0.4, -0.2) is 40.0 Å². The minimum Gasteiger partial charge on any atom is -0.464 e. The fourth-order valence-corrected chi connectivity index (χ4v) is 4.22. The highest BCUT2D eigenvalue weighted by atomic mass is 16.6. The molecule has 43 heavy (non-hydrogen) atoms. The van der Waals surface area contributed by atoms with Gasteiger partial charge in [-0.15, -0.1) is 0 Å². The molecule has 0 unspecified atom stereocenters. The van der Waals surface area contributed by atoms with Gasteiger partial charge >= 0.3 is 11.9 Å². The van der Waals surface area contributed by atoms with E-state index in [1.54, 1.807) is 39.2 Å². The van der Waals surface area contributed by atoms with E-state index in [0.29, 0.717) is 5.56 Å². The summed E-state index contributed by atoms with van der Waals surface area (Å²) in [6.45, 7) is 6.74. The Morgan fingerprint density at radius 1 is 0.860 bits per heavy atom. The van der Waals surface area contributed by atoms with Crippen LogP contribution in [-0.2, 0) is 36.9 Å². The Kier molecular flexibility index (Phi) is 10.2. The summed E-state index contributed by atoms with van der Waals surface area (Å²) >= 11 is 0. The molecule has 2 aromatic carbocycles. The molecule has 0 aliphatic rings. The molecule has 0 fully saturated rings. The molecule has 2 aromatic heterocycles. The summed E-state index contributed by atoms with van der Waals surface area (Å²) in [7, 11) is 0. The Morgan fingerprint density at radius 3 is 2.19 bits per heavy atom. The quantitative estimate of drug-likeness (QED) is 0.177. The maximum Gasteiger partial charge on any atom is 0.344 e. The largest absolute Gasteiger partial charge is 0.464 e. The smallest absolute Gasteiger partial charge is 0.344 e. The molecule has 4 rings (SSSR count). The molecule has 9 heteroatoms. The van der Waals surface area contributed by atoms with Gasteiger partial charge in [0.1, 0.15) is 23.8 Å². The van der Waals surface area contributed by atoms with Gasteiger partial charge in [0.05, 0.1) is 0 Å². The van der Waals surface area contributed by atoms with Gasteiger partial charge in [-0.05, 0) is 69.0 Å². The van der Waals surface area contributed by atoms with E-state index in [-0.39, 0.29) is 24.6 Å². The average Bonchev–Trinajstić information content (AvgIpc) is 2.98. The van der Waals surface area contributed by atoms with Crippen LogP contribution >= 0.6 is 0 Å². The highest BCUT2D eigenvalue weighted by Gasteiger charge is 2.30. The number of esters is 2. The van der Waals surface area contributed by atoms with Crippen molar-refractivity contribution in [2.24, 2.45) is 5.92 Å². The maximum absolute atomic E-state index is 13.8. The van der Waals surface area contributed by atoms with Gasteiger partial charge in [0, 0.05) is 23.7 Å². The fraction of sp³-hybridized carbons (Fsp3) is 0.265. The molecular formula is C34H35N3O6. The zero-order valence-corrected chi connectivity index (χ0v) is 24.7. The van der Waals surface area contributed by atoms with Crippen LogP contribution in [0, 0.1) is 12.8 Å². The van der Waals surface area contributed by atoms with Crippen molar-refractivity contribution < 1.29 is 28.6 Å². The fourth-order valence-electron chi connectivity index (χ4n) is 4.22. The number of carbonyl (C=O) groups is 3. The number of aryl methyl sites for hydroxylation is 1. The molecule has 1 atom stereocenters. The average molecular weight is 582 g/mol. The topological polar surface area (TPSA) is 117 Å². The number of nitrogens with zero attached hydrogens (tertiary/aromatic N) is 2. The van der Waals surface area contributed by atoms with Crippen molar-refractivity contribution in [2.45, 2.75) is 46.3 Å². The molecule has 0 bridgehead atoms. The van der Waals surface area contributed by atoms with Crippen molar-refractivity contribution in [3.63, 3.8) is 0 Å². The second-order valence-corrected chi connectivity index (χ2v) is 11.0. The number of amides is 1. The third-order valence-corrected chi connectivity index (χ3v) is 6.19. The van der Waals surface area contributed by atoms with E-state index < -0.39 is 36.0 Å². The first kappa shape index (κ1) is 30.9. The number of ether oxygens (including phenoxy) is 3. The van der Waals surface area contributed by atoms with E-state index in [0.717, 1.165) is 22.4 Å². The summed E-state index contributed by atoms with van der Waals surface area (Å²) in [5, 5.41) is 2.81. The lowest BCUT2D eigenvalue weighted by molar-refractivity contribution is -0.157. The van der Waals surface area contributed by atoms with Crippen molar-refractivity contribution >= 4 is 23.5 Å². The molecule has 4 aromatic rings. The highest BCUT2D eigenvalue weighted by molar-refractivity contribution is 6.05. The number of hydrogen-bond acceptors (Lipinski definition) is 8. The van der Waals surface area contributed by atoms with Crippen LogP contribution in [0.4, 0.5) is 5.69 Å². The molecule has 9 nitrogen and oxygen atoms in total. The molecule has 0 saturated carbocycles. The summed E-state index contributed by atoms with van der Waals surface area (Å²) in [5.74, 6) is -3.03. The second kappa shape index (κ2) is 14.2. The minimum atomic E-state index is -1.17. The van der Waals surface area contributed by atoms with Gasteiger partial charge in [0.25, 0.3) is 0 Å². The van der Waals surface area contributed by atoms with Gasteiger partial charge in [-0.3, -0.25) is 14.6 Å². The van der Waals surface area contributed by atoms with E-state index >= 15 is 0 Å². The van der Waals surface area contributed by atoms with Crippen molar-refractivity contribution in [3.8, 4) is 17.0 Å². The van der Waals surface area contributed by atoms with Crippen LogP contribution in [0.3, 0.4) is 0 Å². The van der Waals surface area contributed by atoms with Gasteiger partial charge in [0.15, 0.2) is 6.61 Å². The van der Waals surface area contributed by atoms with Gasteiger partial charge in [-0.2, -0.15) is 0 Å². The standard InChI is InChI=1S/C34H35N3O6/c1-23-17-26(15-16-35-23)27-19-29(32(36-20-27)41-22-30(38)43-34(2,3)4)37-31(39)28(18-24-11-7-5-8-12-24)33(40)42-21-25-13-9-6-10-14-25/h5-17,19-20,28H,18,21-22H2,1-4H3,(H,37,39)/t28-/m0/s1. The Labute approximate surface area is 251 Å². The zero-order chi connectivity index (χ0) is 30.8. The minimum absolute atomic E-state index is 0.00449. The lowest BCUT2D eigenvalue weighted by Gasteiger charge is -2.20. The van der Waals surface area contributed by atoms with Crippen LogP contribution in [0.1, 0.15) is 37.6 Å². The Bertz CT molecular complexity index is 1550. The third-order valence-electron chi connectivity index (χ3n) is 6.19. The van der Waals surface area contributed by atoms with Crippen LogP contribution in [0.5, 0.6) is 5.88 Å². The molecule has 0 saturated heterocycles. The van der Waals surface area contributed by atoms with E-state index in [9.17, 15) is 14.4 Å². The molecule has 0 spiro atoms. The lowest BCUT2D eigenvalue weighted by Crippen LogP contribution is -2.33. The van der Waals surface area contributed by atoms with Crippen LogP contribution in [0.25, 0.3) is 11.1 Å². The molecule has 0 aliphatic heterocycles. The van der Waals surface area contributed by atoms with E-state index in [4.69, 9.17) is 14.2 Å². The number of nitrogens with one attached hydrogen (secondary N) is 1. The monoisotopic (exact) mass is 581 g/mol. The van der Waals surface area contributed by atoms with Crippen LogP contribution in [0.2, 0.25) is 0 Å². The molecule has 0 aliphatic carbocycles. The summed E-state index contributed by atoms with van der Waals surface area (Å²) in [4.78, 5) is 48.0. The first-order chi connectivity index (χ1) is 20.6. The van der Waals surface area contributed by atoms with E-state index in [1.165, 1.54) is 0 Å². The predicted molar refractivity (Wildman–Crippen MR) is 162 cm³/mol. The van der Waals surface area contributed by atoms with E-state index in [2.05, 4.69) is 15.3 Å². The van der Waals surface area contributed by atoms with Gasteiger partial charge in [-0.25, -0.2) is 9.78 Å². The Hall–Kier alpha value is -5.05. The normalized spacial score (nSPS) is 11.7. The van der Waals surface area contributed by atoms with Crippen molar-refractivity contribution in [3.05, 3.63) is 108 Å². The van der Waals surface area contributed by atoms with E-state index in [1.807, 2.05) is 79.7 Å². The Morgan fingerprint density at radius 2 is 1.53 bits per heavy atom. The van der Waals surface area contributed by atoms with Gasteiger partial charge in [0.2, 0.25) is 11.8 Å². The van der Waals surface area contributed by atoms with Crippen molar-refractivity contribution in [1.82, 2.24) is 9.97 Å². The SMILES string of the molecule is Cc1cc(-c2cnc(OCC(=O)OC(C)(C)C)c(NC(=O)[C@H](Cc3ccccc3)C(=O)OCc3ccccc3)c2)ccn1. The molecular weight excluding hydrogens is 546 g/mol. The van der Waals surface area contributed by atoms with Gasteiger partial charge in [-0.1, -0.05) is 60.7 Å². The molecule has 222 valence electrons. The maximum atomic E-state index is 13.8. The lowest BCUT2D eigenvalue weighted by atomic mass is 9.98. The second-order valence-electron chi connectivity index (χ2n) is 11.0. The molecule has 1 amide bonds. The Balaban J connectivity index is 1.61. The van der Waals surface area contributed by atoms with Crippen molar-refractivity contribution in [1.29, 1.82) is 0 Å². The van der Waals surface area contributed by atoms with Crippen molar-refractivity contribution in [2.75, 3.05) is 11.9 Å². The predicted octanol–water partition coefficient (Wildman–Crippen LogP) is 5.71. The number of hydrogen-bond donors (Lipinski definition) is 1. The summed E-state index contributed by atoms with van der Waals surface area (Å²) in [6, 6.07) is 23.8. The summed E-state index contributed by atoms with van der Waals surface area (Å²) in [5.41, 5.74) is 3.39.